The fraction of sp³-hybridized carbons (Fsp3) is 0.333. The molecule has 1 atom stereocenters. The molecule has 3 heterocycles. The number of benzene rings is 1. The Morgan fingerprint density at radius 2 is 2.22 bits per heavy atom. The predicted octanol–water partition coefficient (Wildman–Crippen LogP) is 4.60. The van der Waals surface area contributed by atoms with Crippen LogP contribution in [0, 0.1) is 0 Å². The molecular formula is C27H33N7O2. The van der Waals surface area contributed by atoms with Crippen LogP contribution in [0.5, 0.6) is 0 Å². The predicted molar refractivity (Wildman–Crippen MR) is 145 cm³/mol. The highest BCUT2D eigenvalue weighted by Crippen LogP contribution is 2.31. The largest absolute Gasteiger partial charge is 0.380 e. The molecular weight excluding hydrogens is 454 g/mol. The summed E-state index contributed by atoms with van der Waals surface area (Å²) >= 11 is 0. The summed E-state index contributed by atoms with van der Waals surface area (Å²) in [5.41, 5.74) is 5.73. The first kappa shape index (κ1) is 25.3. The van der Waals surface area contributed by atoms with Gasteiger partial charge in [-0.2, -0.15) is 0 Å². The summed E-state index contributed by atoms with van der Waals surface area (Å²) in [5, 5.41) is 5.44. The van der Waals surface area contributed by atoms with Crippen molar-refractivity contribution in [1.29, 1.82) is 0 Å². The number of amides is 2. The highest BCUT2D eigenvalue weighted by atomic mass is 16.5. The van der Waals surface area contributed by atoms with Crippen molar-refractivity contribution in [3.8, 4) is 11.1 Å². The highest BCUT2D eigenvalue weighted by Gasteiger charge is 2.22. The van der Waals surface area contributed by atoms with Crippen LogP contribution in [0.25, 0.3) is 27.9 Å². The average Bonchev–Trinajstić information content (AvgIpc) is 3.50. The number of aromatic nitrogens is 3. The van der Waals surface area contributed by atoms with Gasteiger partial charge < -0.3 is 15.0 Å². The van der Waals surface area contributed by atoms with Crippen molar-refractivity contribution in [1.82, 2.24) is 25.2 Å². The quantitative estimate of drug-likeness (QED) is 0.382. The number of rotatable bonds is 9. The van der Waals surface area contributed by atoms with E-state index in [4.69, 9.17) is 9.72 Å². The van der Waals surface area contributed by atoms with Gasteiger partial charge >= 0.3 is 6.03 Å². The second-order valence-corrected chi connectivity index (χ2v) is 8.66. The smallest absolute Gasteiger partial charge is 0.321 e. The molecule has 9 nitrogen and oxygen atoms in total. The van der Waals surface area contributed by atoms with Gasteiger partial charge in [-0.1, -0.05) is 18.7 Å². The first-order valence-corrected chi connectivity index (χ1v) is 12.1. The normalized spacial score (nSPS) is 16.4. The number of carbonyl (C=O) groups is 1. The van der Waals surface area contributed by atoms with E-state index in [2.05, 4.69) is 49.2 Å². The van der Waals surface area contributed by atoms with E-state index < -0.39 is 0 Å². The number of likely N-dealkylation sites (tertiary alicyclic amines) is 1. The molecule has 4 rings (SSSR count). The Morgan fingerprint density at radius 3 is 2.92 bits per heavy atom. The molecule has 1 aliphatic heterocycles. The third-order valence-electron chi connectivity index (χ3n) is 6.08. The molecule has 3 aromatic rings. The van der Waals surface area contributed by atoms with Crippen LogP contribution in [0.2, 0.25) is 0 Å². The van der Waals surface area contributed by atoms with Gasteiger partial charge in [0, 0.05) is 56.8 Å². The maximum absolute atomic E-state index is 12.0. The SMILES string of the molecule is C=C(N=C/C=C\C)c1cc(-c2ccc(CN3CC[C@@H](OC)C3)nc2)cc2[nH]c(NC(=O)NCC)nc12. The van der Waals surface area contributed by atoms with E-state index in [1.165, 1.54) is 0 Å². The van der Waals surface area contributed by atoms with Gasteiger partial charge in [0.1, 0.15) is 0 Å². The molecule has 0 bridgehead atoms. The van der Waals surface area contributed by atoms with Crippen molar-refractivity contribution in [3.63, 3.8) is 0 Å². The van der Waals surface area contributed by atoms with E-state index in [0.717, 1.165) is 54.0 Å². The number of H-pyrrole nitrogens is 1. The molecule has 0 unspecified atom stereocenters. The molecule has 1 aromatic carbocycles. The number of allylic oxidation sites excluding steroid dienone is 2. The van der Waals surface area contributed by atoms with E-state index in [9.17, 15) is 4.79 Å². The molecule has 2 aromatic heterocycles. The molecule has 0 saturated carbocycles. The standard InChI is InChI=1S/C27H33N7O2/c1-5-7-11-29-18(3)23-13-20(14-24-25(23)32-26(31-24)33-27(35)28-6-2)19-8-9-21(30-15-19)16-34-12-10-22(17-34)36-4/h5,7-9,11,13-15,22H,3,6,10,12,16-17H2,1-2,4H3,(H3,28,31,32,33,35)/b7-5-,29-11?/t22-/m1/s1. The maximum Gasteiger partial charge on any atom is 0.321 e. The van der Waals surface area contributed by atoms with Crippen molar-refractivity contribution < 1.29 is 9.53 Å². The zero-order chi connectivity index (χ0) is 25.5. The summed E-state index contributed by atoms with van der Waals surface area (Å²) in [6.45, 7) is 11.2. The van der Waals surface area contributed by atoms with Gasteiger partial charge in [-0.3, -0.25) is 20.2 Å². The summed E-state index contributed by atoms with van der Waals surface area (Å²) in [6.07, 6.45) is 8.69. The van der Waals surface area contributed by atoms with E-state index in [0.29, 0.717) is 29.8 Å². The molecule has 1 fully saturated rings. The Morgan fingerprint density at radius 1 is 1.36 bits per heavy atom. The lowest BCUT2D eigenvalue weighted by Crippen LogP contribution is -2.28. The second-order valence-electron chi connectivity index (χ2n) is 8.66. The van der Waals surface area contributed by atoms with Crippen LogP contribution in [0.15, 0.2) is 54.2 Å². The average molecular weight is 488 g/mol. The molecule has 188 valence electrons. The van der Waals surface area contributed by atoms with E-state index in [-0.39, 0.29) is 6.03 Å². The summed E-state index contributed by atoms with van der Waals surface area (Å²) in [5.74, 6) is 0.355. The number of anilines is 1. The number of hydrogen-bond acceptors (Lipinski definition) is 6. The molecule has 36 heavy (non-hydrogen) atoms. The zero-order valence-electron chi connectivity index (χ0n) is 21.0. The first-order chi connectivity index (χ1) is 17.5. The highest BCUT2D eigenvalue weighted by molar-refractivity contribution is 5.97. The van der Waals surface area contributed by atoms with E-state index in [1.807, 2.05) is 44.3 Å². The number of fused-ring (bicyclic) bond motifs is 1. The third-order valence-corrected chi connectivity index (χ3v) is 6.08. The van der Waals surface area contributed by atoms with E-state index in [1.54, 1.807) is 13.3 Å². The number of nitrogens with zero attached hydrogens (tertiary/aromatic N) is 4. The third kappa shape index (κ3) is 6.05. The fourth-order valence-electron chi connectivity index (χ4n) is 4.22. The Bertz CT molecular complexity index is 1280. The van der Waals surface area contributed by atoms with Gasteiger partial charge in [-0.05, 0) is 50.1 Å². The number of methoxy groups -OCH3 is 1. The topological polar surface area (TPSA) is 108 Å². The number of hydrogen-bond donors (Lipinski definition) is 3. The van der Waals surface area contributed by atoms with Crippen molar-refractivity contribution in [2.45, 2.75) is 32.9 Å². The summed E-state index contributed by atoms with van der Waals surface area (Å²) < 4.78 is 5.47. The number of imidazole rings is 1. The van der Waals surface area contributed by atoms with Crippen LogP contribution in [0.3, 0.4) is 0 Å². The number of aliphatic imine (C=N–C) groups is 1. The molecule has 3 N–H and O–H groups in total. The molecule has 1 aliphatic rings. The van der Waals surface area contributed by atoms with Gasteiger partial charge in [-0.25, -0.2) is 9.78 Å². The molecule has 0 aliphatic carbocycles. The van der Waals surface area contributed by atoms with Crippen molar-refractivity contribution in [3.05, 3.63) is 60.5 Å². The number of ether oxygens (including phenoxy) is 1. The maximum atomic E-state index is 12.0. The molecule has 0 radical (unpaired) electrons. The van der Waals surface area contributed by atoms with Crippen molar-refractivity contribution >= 4 is 34.9 Å². The molecule has 1 saturated heterocycles. The van der Waals surface area contributed by atoms with E-state index >= 15 is 0 Å². The van der Waals surface area contributed by atoms with Gasteiger partial charge in [0.05, 0.1) is 28.5 Å². The lowest BCUT2D eigenvalue weighted by atomic mass is 10.0. The van der Waals surface area contributed by atoms with Gasteiger partial charge in [-0.15, -0.1) is 0 Å². The number of aromatic amines is 1. The van der Waals surface area contributed by atoms with Gasteiger partial charge in [0.2, 0.25) is 5.95 Å². The zero-order valence-corrected chi connectivity index (χ0v) is 21.0. The molecule has 9 heteroatoms. The monoisotopic (exact) mass is 487 g/mol. The Kier molecular flexibility index (Phi) is 8.24. The van der Waals surface area contributed by atoms with Crippen LogP contribution < -0.4 is 10.6 Å². The van der Waals surface area contributed by atoms with Gasteiger partial charge in [0.15, 0.2) is 0 Å². The number of nitrogens with one attached hydrogen (secondary N) is 3. The van der Waals surface area contributed by atoms with Gasteiger partial charge in [0.25, 0.3) is 0 Å². The van der Waals surface area contributed by atoms with Crippen LogP contribution in [0.4, 0.5) is 10.7 Å². The van der Waals surface area contributed by atoms with Crippen molar-refractivity contribution in [2.75, 3.05) is 32.1 Å². The van der Waals surface area contributed by atoms with Crippen LogP contribution in [-0.4, -0.2) is 64.9 Å². The summed E-state index contributed by atoms with van der Waals surface area (Å²) in [6, 6.07) is 7.82. The Labute approximate surface area is 211 Å². The molecule has 2 amide bonds. The molecule has 0 spiro atoms. The lowest BCUT2D eigenvalue weighted by molar-refractivity contribution is 0.107. The number of pyridine rings is 1. The van der Waals surface area contributed by atoms with Crippen LogP contribution in [-0.2, 0) is 11.3 Å². The summed E-state index contributed by atoms with van der Waals surface area (Å²) in [7, 11) is 1.77. The number of urea groups is 1. The fourth-order valence-corrected chi connectivity index (χ4v) is 4.22. The van der Waals surface area contributed by atoms with Crippen LogP contribution >= 0.6 is 0 Å². The second kappa shape index (κ2) is 11.7. The Hall–Kier alpha value is -3.82. The minimum Gasteiger partial charge on any atom is -0.380 e. The van der Waals surface area contributed by atoms with Crippen molar-refractivity contribution in [2.24, 2.45) is 4.99 Å². The summed E-state index contributed by atoms with van der Waals surface area (Å²) in [4.78, 5) is 31.3. The lowest BCUT2D eigenvalue weighted by Gasteiger charge is -2.15. The minimum absolute atomic E-state index is 0.305. The van der Waals surface area contributed by atoms with Crippen LogP contribution in [0.1, 0.15) is 31.5 Å². The number of carbonyl (C=O) groups excluding carboxylic acids is 1. The first-order valence-electron chi connectivity index (χ1n) is 12.1. The Balaban J connectivity index is 1.63. The minimum atomic E-state index is -0.321.